The Bertz CT molecular complexity index is 890. The van der Waals surface area contributed by atoms with E-state index in [0.717, 1.165) is 42.1 Å². The van der Waals surface area contributed by atoms with Crippen LogP contribution in [0.25, 0.3) is 10.9 Å². The zero-order chi connectivity index (χ0) is 16.5. The zero-order valence-corrected chi connectivity index (χ0v) is 13.9. The highest BCUT2D eigenvalue weighted by Crippen LogP contribution is 2.27. The van der Waals surface area contributed by atoms with Gasteiger partial charge in [-0.3, -0.25) is 0 Å². The lowest BCUT2D eigenvalue weighted by molar-refractivity contribution is 0.0519. The van der Waals surface area contributed by atoms with Gasteiger partial charge in [-0.2, -0.15) is 0 Å². The summed E-state index contributed by atoms with van der Waals surface area (Å²) in [4.78, 5) is 15.7. The number of hydrogen-bond acceptors (Lipinski definition) is 2. The largest absolute Gasteiger partial charge is 0.461 e. The van der Waals surface area contributed by atoms with Crippen LogP contribution in [0.5, 0.6) is 0 Å². The summed E-state index contributed by atoms with van der Waals surface area (Å²) >= 11 is 0. The summed E-state index contributed by atoms with van der Waals surface area (Å²) in [7, 11) is 0. The Morgan fingerprint density at radius 3 is 2.29 bits per heavy atom. The first-order chi connectivity index (χ1) is 11.7. The summed E-state index contributed by atoms with van der Waals surface area (Å²) in [6, 6.07) is 15.4. The Hall–Kier alpha value is -2.55. The van der Waals surface area contributed by atoms with Crippen molar-refractivity contribution >= 4 is 16.9 Å². The van der Waals surface area contributed by atoms with E-state index >= 15 is 0 Å². The number of benzene rings is 2. The lowest BCUT2D eigenvalue weighted by atomic mass is 10.0. The molecule has 0 unspecified atom stereocenters. The monoisotopic (exact) mass is 319 g/mol. The first-order valence-corrected chi connectivity index (χ1v) is 8.63. The van der Waals surface area contributed by atoms with Crippen LogP contribution in [0.3, 0.4) is 0 Å². The number of carbonyl (C=O) groups excluding carboxylic acids is 1. The molecule has 3 nitrogen and oxygen atoms in total. The Morgan fingerprint density at radius 2 is 1.58 bits per heavy atom. The molecule has 0 fully saturated rings. The van der Waals surface area contributed by atoms with Gasteiger partial charge in [0.25, 0.3) is 0 Å². The molecule has 4 aliphatic carbocycles. The molecule has 3 aromatic rings. The standard InChI is InChI=1S/C21H21NO2/c1-2-24-21(23)20-18-12-9-15-5-3-14(4-6-15)7-8-16-10-11-17(18)19(13-16)22-20/h3-6,10-11,13,22H,2,7-9,12H2,1H3. The van der Waals surface area contributed by atoms with Crippen LogP contribution in [0.2, 0.25) is 0 Å². The van der Waals surface area contributed by atoms with E-state index in [-0.39, 0.29) is 5.97 Å². The third kappa shape index (κ3) is 2.71. The summed E-state index contributed by atoms with van der Waals surface area (Å²) in [6.45, 7) is 2.23. The number of hydrogen-bond donors (Lipinski definition) is 1. The Morgan fingerprint density at radius 1 is 0.958 bits per heavy atom. The third-order valence-electron chi connectivity index (χ3n) is 4.84. The number of H-pyrrole nitrogens is 1. The molecule has 0 atom stereocenters. The molecule has 0 spiro atoms. The molecular formula is C21H21NO2. The van der Waals surface area contributed by atoms with Crippen LogP contribution in [-0.4, -0.2) is 17.6 Å². The summed E-state index contributed by atoms with van der Waals surface area (Å²) in [6.07, 6.45) is 3.77. The highest BCUT2D eigenvalue weighted by Gasteiger charge is 2.19. The van der Waals surface area contributed by atoms with E-state index in [1.54, 1.807) is 0 Å². The van der Waals surface area contributed by atoms with Crippen LogP contribution in [0.4, 0.5) is 0 Å². The van der Waals surface area contributed by atoms with Crippen molar-refractivity contribution in [3.63, 3.8) is 0 Å². The second-order valence-corrected chi connectivity index (χ2v) is 6.40. The molecule has 1 N–H and O–H groups in total. The van der Waals surface area contributed by atoms with Crippen molar-refractivity contribution in [3.05, 3.63) is 70.4 Å². The van der Waals surface area contributed by atoms with Crippen LogP contribution < -0.4 is 0 Å². The van der Waals surface area contributed by atoms with E-state index in [9.17, 15) is 4.79 Å². The maximum absolute atomic E-state index is 12.4. The first-order valence-electron chi connectivity index (χ1n) is 8.63. The molecule has 7 rings (SSSR count). The van der Waals surface area contributed by atoms with Crippen LogP contribution in [0, 0.1) is 0 Å². The maximum atomic E-state index is 12.4. The summed E-state index contributed by atoms with van der Waals surface area (Å²) in [5, 5.41) is 1.14. The Labute approximate surface area is 141 Å². The van der Waals surface area contributed by atoms with Crippen LogP contribution in [-0.2, 0) is 30.4 Å². The molecule has 122 valence electrons. The number of esters is 1. The van der Waals surface area contributed by atoms with Crippen molar-refractivity contribution in [1.82, 2.24) is 4.98 Å². The number of aryl methyl sites for hydroxylation is 4. The predicted molar refractivity (Wildman–Crippen MR) is 95.5 cm³/mol. The lowest BCUT2D eigenvalue weighted by Crippen LogP contribution is -2.08. The van der Waals surface area contributed by atoms with Crippen LogP contribution in [0.15, 0.2) is 42.5 Å². The van der Waals surface area contributed by atoms with Gasteiger partial charge in [-0.25, -0.2) is 4.79 Å². The normalized spacial score (nSPS) is 13.7. The van der Waals surface area contributed by atoms with Gasteiger partial charge in [0.05, 0.1) is 6.61 Å². The minimum absolute atomic E-state index is 0.257. The van der Waals surface area contributed by atoms with Gasteiger partial charge < -0.3 is 9.72 Å². The van der Waals surface area contributed by atoms with Crippen molar-refractivity contribution in [2.75, 3.05) is 6.61 Å². The fraction of sp³-hybridized carbons (Fsp3) is 0.286. The molecule has 0 radical (unpaired) electrons. The van der Waals surface area contributed by atoms with Crippen molar-refractivity contribution in [2.24, 2.45) is 0 Å². The van der Waals surface area contributed by atoms with E-state index in [1.807, 2.05) is 6.92 Å². The van der Waals surface area contributed by atoms with Gasteiger partial charge in [-0.1, -0.05) is 36.4 Å². The molecule has 24 heavy (non-hydrogen) atoms. The van der Waals surface area contributed by atoms with Crippen molar-refractivity contribution in [3.8, 4) is 0 Å². The minimum Gasteiger partial charge on any atom is -0.461 e. The van der Waals surface area contributed by atoms with Gasteiger partial charge in [0.2, 0.25) is 0 Å². The molecule has 0 aliphatic heterocycles. The first kappa shape index (κ1) is 15.0. The van der Waals surface area contributed by atoms with Gasteiger partial charge in [0, 0.05) is 10.9 Å². The van der Waals surface area contributed by atoms with Gasteiger partial charge in [-0.05, 0) is 60.9 Å². The average Bonchev–Trinajstić information content (AvgIpc) is 2.98. The van der Waals surface area contributed by atoms with Gasteiger partial charge >= 0.3 is 5.97 Å². The SMILES string of the molecule is CCOC(=O)c1[nH]c2cc3ccc2c1CCc1ccc(cc1)CC3. The lowest BCUT2D eigenvalue weighted by Gasteiger charge is -2.06. The second-order valence-electron chi connectivity index (χ2n) is 6.40. The Kier molecular flexibility index (Phi) is 3.85. The average molecular weight is 319 g/mol. The third-order valence-corrected chi connectivity index (χ3v) is 4.84. The number of ether oxygens (including phenoxy) is 1. The quantitative estimate of drug-likeness (QED) is 0.718. The topological polar surface area (TPSA) is 42.1 Å². The molecule has 0 saturated heterocycles. The molecule has 0 amide bonds. The molecule has 1 aromatic heterocycles. The van der Waals surface area contributed by atoms with E-state index < -0.39 is 0 Å². The van der Waals surface area contributed by atoms with E-state index in [0.29, 0.717) is 12.3 Å². The van der Waals surface area contributed by atoms with Crippen LogP contribution in [0.1, 0.15) is 39.7 Å². The smallest absolute Gasteiger partial charge is 0.355 e. The Balaban J connectivity index is 1.84. The zero-order valence-electron chi connectivity index (χ0n) is 13.9. The summed E-state index contributed by atoms with van der Waals surface area (Å²) in [5.74, 6) is -0.257. The molecule has 6 bridgehead atoms. The van der Waals surface area contributed by atoms with Gasteiger partial charge in [0.15, 0.2) is 0 Å². The van der Waals surface area contributed by atoms with Crippen molar-refractivity contribution < 1.29 is 9.53 Å². The van der Waals surface area contributed by atoms with Crippen LogP contribution >= 0.6 is 0 Å². The minimum atomic E-state index is -0.257. The van der Waals surface area contributed by atoms with Gasteiger partial charge in [-0.15, -0.1) is 0 Å². The predicted octanol–water partition coefficient (Wildman–Crippen LogP) is 4.23. The molecule has 1 heterocycles. The van der Waals surface area contributed by atoms with E-state index in [4.69, 9.17) is 4.74 Å². The number of aromatic nitrogens is 1. The maximum Gasteiger partial charge on any atom is 0.355 e. The number of aromatic amines is 1. The summed E-state index contributed by atoms with van der Waals surface area (Å²) in [5.41, 5.74) is 6.67. The molecule has 3 heteroatoms. The van der Waals surface area contributed by atoms with E-state index in [1.165, 1.54) is 16.7 Å². The molecule has 4 aliphatic rings. The number of nitrogens with one attached hydrogen (secondary N) is 1. The van der Waals surface area contributed by atoms with Gasteiger partial charge in [0.1, 0.15) is 5.69 Å². The number of rotatable bonds is 2. The fourth-order valence-corrected chi connectivity index (χ4v) is 3.53. The molecular weight excluding hydrogens is 298 g/mol. The van der Waals surface area contributed by atoms with Crippen molar-refractivity contribution in [1.29, 1.82) is 0 Å². The van der Waals surface area contributed by atoms with Crippen molar-refractivity contribution in [2.45, 2.75) is 32.6 Å². The molecule has 2 aromatic carbocycles. The highest BCUT2D eigenvalue weighted by molar-refractivity contribution is 5.98. The fourth-order valence-electron chi connectivity index (χ4n) is 3.53. The summed E-state index contributed by atoms with van der Waals surface area (Å²) < 4.78 is 5.25. The molecule has 0 saturated carbocycles. The second kappa shape index (κ2) is 6.16. The van der Waals surface area contributed by atoms with E-state index in [2.05, 4.69) is 47.4 Å². The highest BCUT2D eigenvalue weighted by atomic mass is 16.5. The number of carbonyl (C=O) groups is 1.